The van der Waals surface area contributed by atoms with Crippen molar-refractivity contribution >= 4 is 5.57 Å². The Morgan fingerprint density at radius 1 is 1.35 bits per heavy atom. The summed E-state index contributed by atoms with van der Waals surface area (Å²) in [4.78, 5) is 3.80. The molecule has 0 fully saturated rings. The molecule has 2 rings (SSSR count). The molecule has 0 unspecified atom stereocenters. The van der Waals surface area contributed by atoms with Crippen LogP contribution in [0.4, 0.5) is 8.78 Å². The average molecular weight is 232 g/mol. The van der Waals surface area contributed by atoms with Gasteiger partial charge in [-0.1, -0.05) is 12.6 Å². The van der Waals surface area contributed by atoms with Crippen LogP contribution in [0.2, 0.25) is 0 Å². The first kappa shape index (κ1) is 11.0. The van der Waals surface area contributed by atoms with Crippen LogP contribution in [-0.2, 0) is 0 Å². The smallest absolute Gasteiger partial charge is 0.187 e. The molecule has 1 aromatic carbocycles. The highest BCUT2D eigenvalue weighted by Gasteiger charge is 2.16. The molecule has 1 heterocycles. The number of aromatic amines is 1. The number of aromatic nitrogens is 3. The molecular formula is C11H6F2N4. The lowest BCUT2D eigenvalue weighted by Crippen LogP contribution is -1.91. The third-order valence-electron chi connectivity index (χ3n) is 2.09. The second-order valence-electron chi connectivity index (χ2n) is 3.19. The molecule has 6 heteroatoms. The molecule has 0 spiro atoms. The molecule has 1 aromatic heterocycles. The molecule has 0 aliphatic rings. The second-order valence-corrected chi connectivity index (χ2v) is 3.19. The Morgan fingerprint density at radius 3 is 2.59 bits per heavy atom. The topological polar surface area (TPSA) is 65.4 Å². The van der Waals surface area contributed by atoms with Crippen LogP contribution in [0.25, 0.3) is 17.0 Å². The molecule has 0 atom stereocenters. The summed E-state index contributed by atoms with van der Waals surface area (Å²) in [6.07, 6.45) is 0. The summed E-state index contributed by atoms with van der Waals surface area (Å²) in [5, 5.41) is 14.6. The highest BCUT2D eigenvalue weighted by atomic mass is 19.1. The fourth-order valence-corrected chi connectivity index (χ4v) is 1.27. The molecular weight excluding hydrogens is 226 g/mol. The van der Waals surface area contributed by atoms with Gasteiger partial charge in [0.2, 0.25) is 0 Å². The molecule has 0 radical (unpaired) electrons. The van der Waals surface area contributed by atoms with Crippen LogP contribution >= 0.6 is 0 Å². The molecule has 0 amide bonds. The predicted octanol–water partition coefficient (Wildman–Crippen LogP) is 2.29. The maximum atomic E-state index is 13.4. The molecule has 0 aliphatic heterocycles. The lowest BCUT2D eigenvalue weighted by Gasteiger charge is -1.98. The van der Waals surface area contributed by atoms with Gasteiger partial charge < -0.3 is 0 Å². The van der Waals surface area contributed by atoms with Gasteiger partial charge in [-0.05, 0) is 12.1 Å². The quantitative estimate of drug-likeness (QED) is 0.808. The highest BCUT2D eigenvalue weighted by molar-refractivity contribution is 5.71. The summed E-state index contributed by atoms with van der Waals surface area (Å²) in [6.45, 7) is 3.41. The first-order valence-electron chi connectivity index (χ1n) is 4.59. The SMILES string of the molecule is C=C(C#N)c1nc(-c2c(F)cccc2F)n[nH]1. The van der Waals surface area contributed by atoms with Gasteiger partial charge in [0.05, 0.1) is 11.1 Å². The van der Waals surface area contributed by atoms with Crippen molar-refractivity contribution in [3.63, 3.8) is 0 Å². The Balaban J connectivity index is 2.52. The van der Waals surface area contributed by atoms with Gasteiger partial charge in [-0.3, -0.25) is 5.10 Å². The van der Waals surface area contributed by atoms with E-state index in [-0.39, 0.29) is 22.8 Å². The van der Waals surface area contributed by atoms with Crippen molar-refractivity contribution in [2.45, 2.75) is 0 Å². The standard InChI is InChI=1S/C11H6F2N4/c1-6(5-14)10-15-11(17-16-10)9-7(12)3-2-4-8(9)13/h2-4H,1H2,(H,15,16,17). The third kappa shape index (κ3) is 1.90. The molecule has 0 saturated carbocycles. The van der Waals surface area contributed by atoms with E-state index in [2.05, 4.69) is 21.8 Å². The van der Waals surface area contributed by atoms with Crippen molar-refractivity contribution in [2.24, 2.45) is 0 Å². The molecule has 2 aromatic rings. The second kappa shape index (κ2) is 4.14. The number of hydrogen-bond donors (Lipinski definition) is 1. The third-order valence-corrected chi connectivity index (χ3v) is 2.09. The minimum atomic E-state index is -0.766. The van der Waals surface area contributed by atoms with Gasteiger partial charge >= 0.3 is 0 Å². The van der Waals surface area contributed by atoms with Crippen LogP contribution in [-0.4, -0.2) is 15.2 Å². The first-order chi connectivity index (χ1) is 8.13. The van der Waals surface area contributed by atoms with Gasteiger partial charge in [0.15, 0.2) is 11.6 Å². The number of halogens is 2. The molecule has 0 saturated heterocycles. The van der Waals surface area contributed by atoms with Crippen LogP contribution in [0.3, 0.4) is 0 Å². The van der Waals surface area contributed by atoms with E-state index >= 15 is 0 Å². The van der Waals surface area contributed by atoms with Gasteiger partial charge in [0, 0.05) is 0 Å². The van der Waals surface area contributed by atoms with Crippen molar-refractivity contribution in [1.29, 1.82) is 5.26 Å². The number of rotatable bonds is 2. The van der Waals surface area contributed by atoms with E-state index in [9.17, 15) is 8.78 Å². The largest absolute Gasteiger partial charge is 0.258 e. The predicted molar refractivity (Wildman–Crippen MR) is 56.4 cm³/mol. The van der Waals surface area contributed by atoms with Crippen LogP contribution in [0.1, 0.15) is 5.82 Å². The molecule has 17 heavy (non-hydrogen) atoms. The summed E-state index contributed by atoms with van der Waals surface area (Å²) >= 11 is 0. The molecule has 1 N–H and O–H groups in total. The Labute approximate surface area is 95.2 Å². The van der Waals surface area contributed by atoms with Crippen molar-refractivity contribution in [2.75, 3.05) is 0 Å². The number of nitriles is 1. The van der Waals surface area contributed by atoms with Gasteiger partial charge in [-0.25, -0.2) is 13.8 Å². The normalized spacial score (nSPS) is 9.94. The van der Waals surface area contributed by atoms with E-state index in [1.54, 1.807) is 6.07 Å². The number of nitrogens with one attached hydrogen (secondary N) is 1. The first-order valence-corrected chi connectivity index (χ1v) is 4.59. The van der Waals surface area contributed by atoms with Crippen molar-refractivity contribution in [3.8, 4) is 17.5 Å². The summed E-state index contributed by atoms with van der Waals surface area (Å²) < 4.78 is 26.8. The van der Waals surface area contributed by atoms with Crippen LogP contribution in [0, 0.1) is 23.0 Å². The van der Waals surface area contributed by atoms with Crippen LogP contribution in [0.15, 0.2) is 24.8 Å². The number of H-pyrrole nitrogens is 1. The summed E-state index contributed by atoms with van der Waals surface area (Å²) in [6, 6.07) is 5.21. The Hall–Kier alpha value is -2.55. The fraction of sp³-hybridized carbons (Fsp3) is 0. The summed E-state index contributed by atoms with van der Waals surface area (Å²) in [7, 11) is 0. The summed E-state index contributed by atoms with van der Waals surface area (Å²) in [5.74, 6) is -1.59. The number of nitrogens with zero attached hydrogens (tertiary/aromatic N) is 3. The van der Waals surface area contributed by atoms with E-state index in [1.807, 2.05) is 0 Å². The number of allylic oxidation sites excluding steroid dienone is 1. The maximum Gasteiger partial charge on any atom is 0.187 e. The fourth-order valence-electron chi connectivity index (χ4n) is 1.27. The average Bonchev–Trinajstić information content (AvgIpc) is 2.77. The van der Waals surface area contributed by atoms with E-state index in [0.717, 1.165) is 12.1 Å². The zero-order valence-electron chi connectivity index (χ0n) is 8.54. The molecule has 84 valence electrons. The summed E-state index contributed by atoms with van der Waals surface area (Å²) in [5.41, 5.74) is -0.291. The lowest BCUT2D eigenvalue weighted by molar-refractivity contribution is 0.587. The minimum absolute atomic E-state index is 0.0421. The molecule has 4 nitrogen and oxygen atoms in total. The maximum absolute atomic E-state index is 13.4. The van der Waals surface area contributed by atoms with Gasteiger partial charge in [-0.15, -0.1) is 0 Å². The van der Waals surface area contributed by atoms with E-state index in [0.29, 0.717) is 0 Å². The Kier molecular flexibility index (Phi) is 2.66. The Morgan fingerprint density at radius 2 is 2.00 bits per heavy atom. The number of benzene rings is 1. The van der Waals surface area contributed by atoms with Gasteiger partial charge in [-0.2, -0.15) is 10.4 Å². The van der Waals surface area contributed by atoms with Crippen molar-refractivity contribution in [3.05, 3.63) is 42.2 Å². The van der Waals surface area contributed by atoms with E-state index < -0.39 is 11.6 Å². The monoisotopic (exact) mass is 232 g/mol. The zero-order chi connectivity index (χ0) is 12.4. The van der Waals surface area contributed by atoms with Gasteiger partial charge in [0.1, 0.15) is 17.7 Å². The van der Waals surface area contributed by atoms with Crippen molar-refractivity contribution < 1.29 is 8.78 Å². The van der Waals surface area contributed by atoms with Gasteiger partial charge in [0.25, 0.3) is 0 Å². The zero-order valence-corrected chi connectivity index (χ0v) is 8.54. The Bertz CT molecular complexity index is 604. The number of hydrogen-bond acceptors (Lipinski definition) is 3. The van der Waals surface area contributed by atoms with E-state index in [1.165, 1.54) is 6.07 Å². The van der Waals surface area contributed by atoms with Crippen LogP contribution < -0.4 is 0 Å². The highest BCUT2D eigenvalue weighted by Crippen LogP contribution is 2.23. The minimum Gasteiger partial charge on any atom is -0.258 e. The lowest BCUT2D eigenvalue weighted by atomic mass is 10.2. The van der Waals surface area contributed by atoms with Crippen molar-refractivity contribution in [1.82, 2.24) is 15.2 Å². The van der Waals surface area contributed by atoms with Crippen LogP contribution in [0.5, 0.6) is 0 Å². The van der Waals surface area contributed by atoms with E-state index in [4.69, 9.17) is 5.26 Å². The molecule has 0 bridgehead atoms. The molecule has 0 aliphatic carbocycles.